The monoisotopic (exact) mass is 363 g/mol. The van der Waals surface area contributed by atoms with E-state index >= 15 is 0 Å². The Morgan fingerprint density at radius 2 is 2.07 bits per heavy atom. The molecule has 0 saturated carbocycles. The molecule has 0 fully saturated rings. The van der Waals surface area contributed by atoms with Gasteiger partial charge in [-0.3, -0.25) is 4.90 Å². The van der Waals surface area contributed by atoms with E-state index in [0.29, 0.717) is 6.54 Å². The Labute approximate surface area is 157 Å². The van der Waals surface area contributed by atoms with Crippen LogP contribution in [0.3, 0.4) is 0 Å². The number of carbonyl (C=O) groups excluding carboxylic acids is 1. The number of hydrogen-bond acceptors (Lipinski definition) is 5. The van der Waals surface area contributed by atoms with Gasteiger partial charge in [0, 0.05) is 6.54 Å². The van der Waals surface area contributed by atoms with Crippen LogP contribution in [0.2, 0.25) is 0 Å². The second kappa shape index (κ2) is 8.75. The maximum Gasteiger partial charge on any atom is 0.410 e. The molecule has 1 atom stereocenters. The van der Waals surface area contributed by atoms with Crippen LogP contribution in [0.1, 0.15) is 24.1 Å². The molecule has 0 aliphatic carbocycles. The molecule has 0 spiro atoms. The molecule has 0 bridgehead atoms. The number of hydrogen-bond donors (Lipinski definition) is 0. The maximum atomic E-state index is 12.7. The van der Waals surface area contributed by atoms with E-state index in [1.165, 1.54) is 6.33 Å². The predicted octanol–water partition coefficient (Wildman–Crippen LogP) is 3.55. The molecule has 0 aliphatic rings. The molecule has 27 heavy (non-hydrogen) atoms. The first kappa shape index (κ1) is 18.3. The lowest BCUT2D eigenvalue weighted by Crippen LogP contribution is -2.34. The van der Waals surface area contributed by atoms with Crippen molar-refractivity contribution in [1.82, 2.24) is 25.1 Å². The minimum absolute atomic E-state index is 0.206. The van der Waals surface area contributed by atoms with Crippen molar-refractivity contribution in [3.8, 4) is 5.69 Å². The number of rotatable bonds is 7. The summed E-state index contributed by atoms with van der Waals surface area (Å²) in [5, 5.41) is 11.2. The summed E-state index contributed by atoms with van der Waals surface area (Å²) in [6, 6.07) is 17.1. The lowest BCUT2D eigenvalue weighted by molar-refractivity contribution is 0.0878. The number of aromatic nitrogens is 4. The van der Waals surface area contributed by atoms with Crippen LogP contribution in [0.5, 0.6) is 0 Å². The van der Waals surface area contributed by atoms with Gasteiger partial charge in [0.15, 0.2) is 0 Å². The average Bonchev–Trinajstić information content (AvgIpc) is 3.25. The normalized spacial score (nSPS) is 11.6. The topological polar surface area (TPSA) is 73.1 Å². The van der Waals surface area contributed by atoms with Gasteiger partial charge >= 0.3 is 6.09 Å². The highest BCUT2D eigenvalue weighted by atomic mass is 16.6. The Hall–Kier alpha value is -3.48. The van der Waals surface area contributed by atoms with Crippen LogP contribution in [-0.4, -0.2) is 37.7 Å². The summed E-state index contributed by atoms with van der Waals surface area (Å²) in [5.74, 6) is 0. The van der Waals surface area contributed by atoms with E-state index in [1.54, 1.807) is 15.7 Å². The first-order valence-corrected chi connectivity index (χ1v) is 8.60. The van der Waals surface area contributed by atoms with Crippen molar-refractivity contribution in [2.45, 2.75) is 19.6 Å². The molecule has 0 aliphatic heterocycles. The fourth-order valence-corrected chi connectivity index (χ4v) is 2.72. The molecular weight excluding hydrogens is 342 g/mol. The van der Waals surface area contributed by atoms with Crippen molar-refractivity contribution in [2.75, 3.05) is 6.54 Å². The van der Waals surface area contributed by atoms with E-state index in [1.807, 2.05) is 61.5 Å². The molecule has 3 rings (SSSR count). The number of ether oxygens (including phenoxy) is 1. The van der Waals surface area contributed by atoms with Crippen LogP contribution < -0.4 is 0 Å². The molecule has 0 N–H and O–H groups in total. The summed E-state index contributed by atoms with van der Waals surface area (Å²) < 4.78 is 7.06. The van der Waals surface area contributed by atoms with Gasteiger partial charge in [-0.15, -0.1) is 11.7 Å². The summed E-state index contributed by atoms with van der Waals surface area (Å²) in [7, 11) is 0. The zero-order chi connectivity index (χ0) is 19.1. The lowest BCUT2D eigenvalue weighted by Gasteiger charge is -2.28. The van der Waals surface area contributed by atoms with Gasteiger partial charge < -0.3 is 4.74 Å². The van der Waals surface area contributed by atoms with Gasteiger partial charge in [0.1, 0.15) is 12.9 Å². The molecule has 2 aromatic carbocycles. The number of tetrazole rings is 1. The number of carbonyl (C=O) groups is 1. The molecular formula is C20H21N5O2. The molecule has 3 aromatic rings. The molecule has 7 heteroatoms. The van der Waals surface area contributed by atoms with Crippen molar-refractivity contribution in [2.24, 2.45) is 0 Å². The van der Waals surface area contributed by atoms with Crippen molar-refractivity contribution >= 4 is 6.09 Å². The van der Waals surface area contributed by atoms with E-state index < -0.39 is 0 Å². The third-order valence-electron chi connectivity index (χ3n) is 4.20. The fourth-order valence-electron chi connectivity index (χ4n) is 2.72. The molecule has 7 nitrogen and oxygen atoms in total. The van der Waals surface area contributed by atoms with Crippen molar-refractivity contribution < 1.29 is 9.53 Å². The van der Waals surface area contributed by atoms with Crippen LogP contribution >= 0.6 is 0 Å². The fraction of sp³-hybridized carbons (Fsp3) is 0.200. The molecule has 1 unspecified atom stereocenters. The molecule has 0 radical (unpaired) electrons. The lowest BCUT2D eigenvalue weighted by atomic mass is 10.1. The third kappa shape index (κ3) is 4.58. The Morgan fingerprint density at radius 3 is 2.78 bits per heavy atom. The van der Waals surface area contributed by atoms with Crippen LogP contribution in [0.15, 0.2) is 73.6 Å². The second-order valence-corrected chi connectivity index (χ2v) is 6.01. The zero-order valence-corrected chi connectivity index (χ0v) is 15.1. The maximum absolute atomic E-state index is 12.7. The number of amides is 1. The third-order valence-corrected chi connectivity index (χ3v) is 4.20. The second-order valence-electron chi connectivity index (χ2n) is 6.01. The van der Waals surface area contributed by atoms with Crippen LogP contribution in [-0.2, 0) is 11.3 Å². The average molecular weight is 363 g/mol. The van der Waals surface area contributed by atoms with E-state index in [0.717, 1.165) is 16.8 Å². The zero-order valence-electron chi connectivity index (χ0n) is 15.1. The Morgan fingerprint density at radius 1 is 1.26 bits per heavy atom. The SMILES string of the molecule is C=CCN(C(=O)OCc1ccccc1)C(C)c1cccc(-n2cnnn2)c1. The highest BCUT2D eigenvalue weighted by Gasteiger charge is 2.22. The standard InChI is InChI=1S/C20H21N5O2/c1-3-12-24(20(26)27-14-17-8-5-4-6-9-17)16(2)18-10-7-11-19(13-18)25-15-21-22-23-25/h3-11,13,15-16H,1,12,14H2,2H3. The molecule has 1 heterocycles. The van der Waals surface area contributed by atoms with Crippen molar-refractivity contribution in [3.05, 3.63) is 84.7 Å². The van der Waals surface area contributed by atoms with Crippen molar-refractivity contribution in [1.29, 1.82) is 0 Å². The van der Waals surface area contributed by atoms with Gasteiger partial charge in [-0.1, -0.05) is 48.5 Å². The summed E-state index contributed by atoms with van der Waals surface area (Å²) in [5.41, 5.74) is 2.71. The minimum Gasteiger partial charge on any atom is -0.445 e. The van der Waals surface area contributed by atoms with Gasteiger partial charge in [0.2, 0.25) is 0 Å². The van der Waals surface area contributed by atoms with Crippen LogP contribution in [0.4, 0.5) is 4.79 Å². The molecule has 1 aromatic heterocycles. The van der Waals surface area contributed by atoms with Gasteiger partial charge in [0.25, 0.3) is 0 Å². The van der Waals surface area contributed by atoms with Gasteiger partial charge in [0.05, 0.1) is 11.7 Å². The van der Waals surface area contributed by atoms with E-state index in [-0.39, 0.29) is 18.7 Å². The quantitative estimate of drug-likeness (QED) is 0.600. The highest BCUT2D eigenvalue weighted by Crippen LogP contribution is 2.23. The first-order chi connectivity index (χ1) is 13.2. The van der Waals surface area contributed by atoms with E-state index in [9.17, 15) is 4.79 Å². The first-order valence-electron chi connectivity index (χ1n) is 8.60. The molecule has 1 amide bonds. The number of nitrogens with zero attached hydrogens (tertiary/aromatic N) is 5. The Bertz CT molecular complexity index is 880. The van der Waals surface area contributed by atoms with Gasteiger partial charge in [-0.2, -0.15) is 0 Å². The number of benzene rings is 2. The van der Waals surface area contributed by atoms with Gasteiger partial charge in [-0.25, -0.2) is 9.48 Å². The molecule has 0 saturated heterocycles. The van der Waals surface area contributed by atoms with Crippen LogP contribution in [0.25, 0.3) is 5.69 Å². The van der Waals surface area contributed by atoms with E-state index in [2.05, 4.69) is 22.1 Å². The van der Waals surface area contributed by atoms with Crippen molar-refractivity contribution in [3.63, 3.8) is 0 Å². The predicted molar refractivity (Wildman–Crippen MR) is 101 cm³/mol. The molecule has 138 valence electrons. The highest BCUT2D eigenvalue weighted by molar-refractivity contribution is 5.68. The smallest absolute Gasteiger partial charge is 0.410 e. The summed E-state index contributed by atoms with van der Waals surface area (Å²) in [6.07, 6.45) is 2.82. The van der Waals surface area contributed by atoms with Gasteiger partial charge in [-0.05, 0) is 40.6 Å². The Kier molecular flexibility index (Phi) is 5.94. The summed E-state index contributed by atoms with van der Waals surface area (Å²) in [4.78, 5) is 14.3. The Balaban J connectivity index is 1.74. The minimum atomic E-state index is -0.390. The van der Waals surface area contributed by atoms with E-state index in [4.69, 9.17) is 4.74 Å². The van der Waals surface area contributed by atoms with Crippen LogP contribution in [0, 0.1) is 0 Å². The summed E-state index contributed by atoms with van der Waals surface area (Å²) >= 11 is 0. The summed E-state index contributed by atoms with van der Waals surface area (Å²) in [6.45, 7) is 6.31. The largest absolute Gasteiger partial charge is 0.445 e.